The van der Waals surface area contributed by atoms with E-state index in [2.05, 4.69) is 37.0 Å². The molecule has 158 valence electrons. The van der Waals surface area contributed by atoms with Gasteiger partial charge in [0.2, 0.25) is 5.91 Å². The van der Waals surface area contributed by atoms with E-state index in [0.29, 0.717) is 6.42 Å². The van der Waals surface area contributed by atoms with Crippen molar-refractivity contribution in [1.29, 1.82) is 0 Å². The fourth-order valence-electron chi connectivity index (χ4n) is 4.27. The highest BCUT2D eigenvalue weighted by Crippen LogP contribution is 2.34. The highest BCUT2D eigenvalue weighted by atomic mass is 16.5. The lowest BCUT2D eigenvalue weighted by atomic mass is 10.00. The Labute approximate surface area is 179 Å². The highest BCUT2D eigenvalue weighted by Gasteiger charge is 2.23. The van der Waals surface area contributed by atoms with Crippen molar-refractivity contribution < 1.29 is 9.53 Å². The topological polar surface area (TPSA) is 58.8 Å². The number of hydrogen-bond acceptors (Lipinski definition) is 4. The largest absolute Gasteiger partial charge is 0.491 e. The number of anilines is 2. The van der Waals surface area contributed by atoms with Gasteiger partial charge in [-0.2, -0.15) is 0 Å². The zero-order chi connectivity index (χ0) is 21.1. The summed E-state index contributed by atoms with van der Waals surface area (Å²) < 4.78 is 6.07. The lowest BCUT2D eigenvalue weighted by Crippen LogP contribution is -2.35. The third kappa shape index (κ3) is 4.21. The van der Waals surface area contributed by atoms with Gasteiger partial charge in [0.15, 0.2) is 0 Å². The summed E-state index contributed by atoms with van der Waals surface area (Å²) in [5.74, 6) is 1.07. The number of carbonyl (C=O) groups is 1. The molecule has 2 aromatic rings. The van der Waals surface area contributed by atoms with E-state index in [1.807, 2.05) is 41.4 Å². The van der Waals surface area contributed by atoms with E-state index < -0.39 is 0 Å². The molecule has 2 N–H and O–H groups in total. The first-order chi connectivity index (χ1) is 14.6. The molecule has 2 aliphatic rings. The summed E-state index contributed by atoms with van der Waals surface area (Å²) in [7, 11) is 0. The molecule has 0 bridgehead atoms. The Morgan fingerprint density at radius 1 is 1.13 bits per heavy atom. The number of fused-ring (bicyclic) bond motifs is 1. The molecule has 1 saturated heterocycles. The minimum atomic E-state index is -0.294. The number of nitrogens with two attached hydrogens (primary N) is 1. The van der Waals surface area contributed by atoms with Crippen LogP contribution in [0.3, 0.4) is 0 Å². The zero-order valence-electron chi connectivity index (χ0n) is 17.9. The second-order valence-corrected chi connectivity index (χ2v) is 8.19. The summed E-state index contributed by atoms with van der Waals surface area (Å²) in [6.07, 6.45) is 8.81. The lowest BCUT2D eigenvalue weighted by Gasteiger charge is -2.33. The van der Waals surface area contributed by atoms with Crippen molar-refractivity contribution >= 4 is 23.4 Å². The van der Waals surface area contributed by atoms with Crippen molar-refractivity contribution in [3.05, 3.63) is 59.8 Å². The van der Waals surface area contributed by atoms with Crippen LogP contribution < -0.4 is 20.3 Å². The smallest absolute Gasteiger partial charge is 0.226 e. The van der Waals surface area contributed by atoms with Gasteiger partial charge < -0.3 is 20.3 Å². The number of amides is 1. The lowest BCUT2D eigenvalue weighted by molar-refractivity contribution is -0.119. The first kappa shape index (κ1) is 20.5. The minimum absolute atomic E-state index is 0.185. The van der Waals surface area contributed by atoms with Gasteiger partial charge in [-0.05, 0) is 74.2 Å². The molecule has 4 rings (SSSR count). The van der Waals surface area contributed by atoms with Crippen LogP contribution >= 0.6 is 0 Å². The first-order valence-electron chi connectivity index (χ1n) is 11.0. The molecule has 2 atom stereocenters. The summed E-state index contributed by atoms with van der Waals surface area (Å²) in [4.78, 5) is 16.1. The zero-order valence-corrected chi connectivity index (χ0v) is 17.9. The minimum Gasteiger partial charge on any atom is -0.491 e. The quantitative estimate of drug-likeness (QED) is 0.716. The normalized spacial score (nSPS) is 19.6. The van der Waals surface area contributed by atoms with E-state index >= 15 is 0 Å². The van der Waals surface area contributed by atoms with Gasteiger partial charge in [0.1, 0.15) is 11.9 Å². The molecule has 5 nitrogen and oxygen atoms in total. The Morgan fingerprint density at radius 2 is 1.90 bits per heavy atom. The van der Waals surface area contributed by atoms with Gasteiger partial charge in [-0.25, -0.2) is 0 Å². The molecular weight excluding hydrogens is 374 g/mol. The molecule has 0 spiro atoms. The Balaban J connectivity index is 1.52. The molecule has 0 radical (unpaired) electrons. The molecule has 0 aliphatic carbocycles. The van der Waals surface area contributed by atoms with Crippen LogP contribution in [0.5, 0.6) is 5.75 Å². The van der Waals surface area contributed by atoms with Crippen molar-refractivity contribution in [2.24, 2.45) is 5.73 Å². The number of rotatable bonds is 6. The maximum absolute atomic E-state index is 12.2. The van der Waals surface area contributed by atoms with Crippen LogP contribution in [0.4, 0.5) is 11.4 Å². The molecule has 0 saturated carbocycles. The van der Waals surface area contributed by atoms with E-state index in [9.17, 15) is 4.79 Å². The van der Waals surface area contributed by atoms with Crippen LogP contribution in [-0.2, 0) is 4.79 Å². The first-order valence-corrected chi connectivity index (χ1v) is 11.0. The molecular formula is C25H31N3O2. The van der Waals surface area contributed by atoms with Crippen LogP contribution in [0.15, 0.2) is 48.7 Å². The van der Waals surface area contributed by atoms with Gasteiger partial charge >= 0.3 is 0 Å². The predicted molar refractivity (Wildman–Crippen MR) is 123 cm³/mol. The predicted octanol–water partition coefficient (Wildman–Crippen LogP) is 5.22. The number of piperidine rings is 1. The van der Waals surface area contributed by atoms with E-state index in [1.165, 1.54) is 0 Å². The fraction of sp³-hybridized carbons (Fsp3) is 0.400. The summed E-state index contributed by atoms with van der Waals surface area (Å²) >= 11 is 0. The van der Waals surface area contributed by atoms with Crippen molar-refractivity contribution in [1.82, 2.24) is 0 Å². The molecule has 1 amide bonds. The number of nitrogens with zero attached hydrogens (tertiary/aromatic N) is 2. The summed E-state index contributed by atoms with van der Waals surface area (Å²) in [6.45, 7) is 5.06. The standard InChI is InChI=1S/C25H31N3O2/c1-3-6-18(2)30-22-13-8-19-14-16-28(25(26)23(19)17-22)21-11-9-20(10-12-21)27-15-5-4-7-24(27)29/h8-14,16-18,25H,3-7,15,26H2,1-2H3. The summed E-state index contributed by atoms with van der Waals surface area (Å²) in [5, 5.41) is 0. The fourth-order valence-corrected chi connectivity index (χ4v) is 4.27. The van der Waals surface area contributed by atoms with Crippen molar-refractivity contribution in [3.63, 3.8) is 0 Å². The average Bonchev–Trinajstić information content (AvgIpc) is 2.75. The SMILES string of the molecule is CCCC(C)Oc1ccc2c(c1)C(N)N(c1ccc(N3CCCCC3=O)cc1)C=C2. The van der Waals surface area contributed by atoms with Crippen LogP contribution in [0.1, 0.15) is 63.2 Å². The molecule has 1 fully saturated rings. The van der Waals surface area contributed by atoms with Gasteiger partial charge in [0.05, 0.1) is 6.10 Å². The Hall–Kier alpha value is -2.79. The van der Waals surface area contributed by atoms with Gasteiger partial charge in [-0.15, -0.1) is 0 Å². The maximum atomic E-state index is 12.2. The molecule has 5 heteroatoms. The molecule has 0 aromatic heterocycles. The van der Waals surface area contributed by atoms with Crippen LogP contribution in [0.2, 0.25) is 0 Å². The maximum Gasteiger partial charge on any atom is 0.226 e. The Kier molecular flexibility index (Phi) is 6.09. The molecule has 2 unspecified atom stereocenters. The van der Waals surface area contributed by atoms with Crippen LogP contribution in [0, 0.1) is 0 Å². The van der Waals surface area contributed by atoms with Gasteiger partial charge in [0.25, 0.3) is 0 Å². The van der Waals surface area contributed by atoms with Gasteiger partial charge in [-0.1, -0.05) is 19.4 Å². The third-order valence-corrected chi connectivity index (χ3v) is 5.91. The van der Waals surface area contributed by atoms with Crippen molar-refractivity contribution in [2.45, 2.75) is 58.2 Å². The number of benzene rings is 2. The van der Waals surface area contributed by atoms with Gasteiger partial charge in [-0.3, -0.25) is 4.79 Å². The van der Waals surface area contributed by atoms with Crippen LogP contribution in [0.25, 0.3) is 6.08 Å². The van der Waals surface area contributed by atoms with Gasteiger partial charge in [0, 0.05) is 36.1 Å². The van der Waals surface area contributed by atoms with E-state index in [4.69, 9.17) is 10.5 Å². The van der Waals surface area contributed by atoms with Crippen molar-refractivity contribution in [3.8, 4) is 5.75 Å². The Bertz CT molecular complexity index is 922. The van der Waals surface area contributed by atoms with E-state index in [1.54, 1.807) is 0 Å². The molecule has 2 aromatic carbocycles. The second kappa shape index (κ2) is 8.92. The van der Waals surface area contributed by atoms with E-state index in [0.717, 1.165) is 60.5 Å². The van der Waals surface area contributed by atoms with E-state index in [-0.39, 0.29) is 18.2 Å². The molecule has 2 heterocycles. The number of ether oxygens (including phenoxy) is 1. The van der Waals surface area contributed by atoms with Crippen molar-refractivity contribution in [2.75, 3.05) is 16.3 Å². The summed E-state index contributed by atoms with van der Waals surface area (Å²) in [5.41, 5.74) is 10.8. The second-order valence-electron chi connectivity index (χ2n) is 8.19. The van der Waals surface area contributed by atoms with Crippen LogP contribution in [-0.4, -0.2) is 18.6 Å². The highest BCUT2D eigenvalue weighted by molar-refractivity contribution is 5.94. The third-order valence-electron chi connectivity index (χ3n) is 5.91. The number of carbonyl (C=O) groups excluding carboxylic acids is 1. The Morgan fingerprint density at radius 3 is 2.63 bits per heavy atom. The summed E-state index contributed by atoms with van der Waals surface area (Å²) in [6, 6.07) is 14.3. The molecule has 30 heavy (non-hydrogen) atoms. The molecule has 2 aliphatic heterocycles. The average molecular weight is 406 g/mol. The number of hydrogen-bond donors (Lipinski definition) is 1. The monoisotopic (exact) mass is 405 g/mol.